The Hall–Kier alpha value is -2.07. The normalized spacial score (nSPS) is 12.0. The Balaban J connectivity index is 2.09. The third-order valence-electron chi connectivity index (χ3n) is 3.37. The number of aryl methyl sites for hydroxylation is 1. The molecular weight excluding hydrogens is 269 g/mol. The van der Waals surface area contributed by atoms with Gasteiger partial charge in [-0.15, -0.1) is 0 Å². The quantitative estimate of drug-likeness (QED) is 0.912. The van der Waals surface area contributed by atoms with Gasteiger partial charge in [-0.1, -0.05) is 12.1 Å². The molecule has 2 N–H and O–H groups in total. The van der Waals surface area contributed by atoms with Crippen LogP contribution in [0.5, 0.6) is 11.5 Å². The lowest BCUT2D eigenvalue weighted by atomic mass is 10.1. The van der Waals surface area contributed by atoms with Crippen molar-refractivity contribution in [2.24, 2.45) is 5.73 Å². The Labute approximate surface area is 124 Å². The molecule has 0 radical (unpaired) electrons. The molecule has 0 aliphatic rings. The van der Waals surface area contributed by atoms with Crippen LogP contribution in [0.25, 0.3) is 0 Å². The molecule has 0 heterocycles. The minimum absolute atomic E-state index is 0.0169. The summed E-state index contributed by atoms with van der Waals surface area (Å²) in [7, 11) is 1.51. The number of benzene rings is 2. The van der Waals surface area contributed by atoms with Crippen LogP contribution in [0.2, 0.25) is 0 Å². The van der Waals surface area contributed by atoms with Crippen LogP contribution in [0.15, 0.2) is 36.4 Å². The van der Waals surface area contributed by atoms with E-state index in [0.717, 1.165) is 16.9 Å². The van der Waals surface area contributed by atoms with Gasteiger partial charge >= 0.3 is 0 Å². The first-order chi connectivity index (χ1) is 10.0. The first-order valence-electron chi connectivity index (χ1n) is 6.82. The highest BCUT2D eigenvalue weighted by Gasteiger charge is 2.08. The number of rotatable bonds is 5. The highest BCUT2D eigenvalue weighted by atomic mass is 19.1. The van der Waals surface area contributed by atoms with Crippen LogP contribution >= 0.6 is 0 Å². The molecule has 2 aromatic carbocycles. The second-order valence-electron chi connectivity index (χ2n) is 5.06. The van der Waals surface area contributed by atoms with E-state index >= 15 is 0 Å². The van der Waals surface area contributed by atoms with E-state index in [1.165, 1.54) is 13.2 Å². The summed E-state index contributed by atoms with van der Waals surface area (Å²) >= 11 is 0. The lowest BCUT2D eigenvalue weighted by molar-refractivity contribution is 0.297. The molecule has 0 aliphatic carbocycles. The summed E-state index contributed by atoms with van der Waals surface area (Å²) in [6.45, 7) is 4.06. The third kappa shape index (κ3) is 3.73. The fraction of sp³-hybridized carbons (Fsp3) is 0.294. The van der Waals surface area contributed by atoms with Crippen LogP contribution in [0, 0.1) is 12.7 Å². The van der Waals surface area contributed by atoms with Crippen LogP contribution in [0.4, 0.5) is 4.39 Å². The van der Waals surface area contributed by atoms with Crippen molar-refractivity contribution in [3.8, 4) is 11.5 Å². The topological polar surface area (TPSA) is 44.5 Å². The summed E-state index contributed by atoms with van der Waals surface area (Å²) in [5.74, 6) is 0.891. The molecule has 0 aromatic heterocycles. The fourth-order valence-corrected chi connectivity index (χ4v) is 2.05. The molecule has 2 rings (SSSR count). The average molecular weight is 289 g/mol. The summed E-state index contributed by atoms with van der Waals surface area (Å²) < 4.78 is 24.5. The predicted octanol–water partition coefficient (Wildman–Crippen LogP) is 3.74. The molecule has 1 atom stereocenters. The molecule has 0 fully saturated rings. The fourth-order valence-electron chi connectivity index (χ4n) is 2.05. The first kappa shape index (κ1) is 15.3. The Morgan fingerprint density at radius 3 is 2.52 bits per heavy atom. The van der Waals surface area contributed by atoms with Gasteiger partial charge in [0.1, 0.15) is 23.9 Å². The average Bonchev–Trinajstić information content (AvgIpc) is 2.46. The molecule has 0 amide bonds. The van der Waals surface area contributed by atoms with Gasteiger partial charge in [0, 0.05) is 17.7 Å². The van der Waals surface area contributed by atoms with Crippen molar-refractivity contribution < 1.29 is 13.9 Å². The number of methoxy groups -OCH3 is 1. The van der Waals surface area contributed by atoms with E-state index in [2.05, 4.69) is 0 Å². The minimum Gasteiger partial charge on any atom is -0.497 e. The third-order valence-corrected chi connectivity index (χ3v) is 3.37. The summed E-state index contributed by atoms with van der Waals surface area (Å²) in [6.07, 6.45) is 0. The maximum absolute atomic E-state index is 13.8. The molecule has 0 bridgehead atoms. The maximum Gasteiger partial charge on any atom is 0.133 e. The molecule has 4 heteroatoms. The number of hydrogen-bond acceptors (Lipinski definition) is 3. The molecule has 2 aromatic rings. The SMILES string of the molecule is COc1ccc(COc2ccc([C@@H](C)N)cc2C)c(F)c1. The Kier molecular flexibility index (Phi) is 4.81. The zero-order chi connectivity index (χ0) is 15.4. The van der Waals surface area contributed by atoms with Gasteiger partial charge in [-0.25, -0.2) is 4.39 Å². The number of nitrogens with two attached hydrogens (primary N) is 1. The van der Waals surface area contributed by atoms with Crippen molar-refractivity contribution in [1.29, 1.82) is 0 Å². The van der Waals surface area contributed by atoms with Gasteiger partial charge in [-0.05, 0) is 43.2 Å². The van der Waals surface area contributed by atoms with Crippen molar-refractivity contribution in [3.05, 3.63) is 58.9 Å². The minimum atomic E-state index is -0.334. The summed E-state index contributed by atoms with van der Waals surface area (Å²) in [6, 6.07) is 10.5. The van der Waals surface area contributed by atoms with Crippen LogP contribution in [0.3, 0.4) is 0 Å². The summed E-state index contributed by atoms with van der Waals surface area (Å²) in [4.78, 5) is 0. The maximum atomic E-state index is 13.8. The zero-order valence-electron chi connectivity index (χ0n) is 12.5. The molecule has 0 aliphatic heterocycles. The summed E-state index contributed by atoms with van der Waals surface area (Å²) in [5, 5.41) is 0. The Bertz CT molecular complexity index is 626. The lowest BCUT2D eigenvalue weighted by Gasteiger charge is -2.13. The van der Waals surface area contributed by atoms with E-state index in [4.69, 9.17) is 15.2 Å². The standard InChI is InChI=1S/C17H20FNO2/c1-11-8-13(12(2)19)5-7-17(11)21-10-14-4-6-15(20-3)9-16(14)18/h4-9,12H,10,19H2,1-3H3/t12-/m1/s1. The van der Waals surface area contributed by atoms with Crippen molar-refractivity contribution >= 4 is 0 Å². The van der Waals surface area contributed by atoms with E-state index in [1.54, 1.807) is 12.1 Å². The molecule has 0 saturated carbocycles. The summed E-state index contributed by atoms with van der Waals surface area (Å²) in [5.41, 5.74) is 8.37. The van der Waals surface area contributed by atoms with Crippen molar-refractivity contribution in [3.63, 3.8) is 0 Å². The van der Waals surface area contributed by atoms with Crippen molar-refractivity contribution in [2.75, 3.05) is 7.11 Å². The van der Waals surface area contributed by atoms with Gasteiger partial charge < -0.3 is 15.2 Å². The highest BCUT2D eigenvalue weighted by Crippen LogP contribution is 2.24. The second-order valence-corrected chi connectivity index (χ2v) is 5.06. The van der Waals surface area contributed by atoms with E-state index in [1.807, 2.05) is 32.0 Å². The second kappa shape index (κ2) is 6.59. The predicted molar refractivity (Wildman–Crippen MR) is 81.1 cm³/mol. The highest BCUT2D eigenvalue weighted by molar-refractivity contribution is 5.37. The van der Waals surface area contributed by atoms with Gasteiger partial charge in [0.15, 0.2) is 0 Å². The van der Waals surface area contributed by atoms with Crippen LogP contribution in [0.1, 0.15) is 29.7 Å². The van der Waals surface area contributed by atoms with Crippen molar-refractivity contribution in [1.82, 2.24) is 0 Å². The van der Waals surface area contributed by atoms with E-state index < -0.39 is 0 Å². The van der Waals surface area contributed by atoms with Crippen LogP contribution in [-0.4, -0.2) is 7.11 Å². The number of halogens is 1. The van der Waals surface area contributed by atoms with Gasteiger partial charge in [0.2, 0.25) is 0 Å². The Morgan fingerprint density at radius 1 is 1.19 bits per heavy atom. The lowest BCUT2D eigenvalue weighted by Crippen LogP contribution is -2.06. The molecule has 3 nitrogen and oxygen atoms in total. The van der Waals surface area contributed by atoms with Crippen LogP contribution in [-0.2, 0) is 6.61 Å². The van der Waals surface area contributed by atoms with E-state index in [-0.39, 0.29) is 18.5 Å². The molecule has 112 valence electrons. The number of ether oxygens (including phenoxy) is 2. The smallest absolute Gasteiger partial charge is 0.133 e. The van der Waals surface area contributed by atoms with Crippen molar-refractivity contribution in [2.45, 2.75) is 26.5 Å². The molecule has 0 unspecified atom stereocenters. The number of hydrogen-bond donors (Lipinski definition) is 1. The zero-order valence-corrected chi connectivity index (χ0v) is 12.5. The van der Waals surface area contributed by atoms with Gasteiger partial charge in [0.05, 0.1) is 7.11 Å². The molecular formula is C17H20FNO2. The molecule has 21 heavy (non-hydrogen) atoms. The van der Waals surface area contributed by atoms with Gasteiger partial charge in [-0.2, -0.15) is 0 Å². The molecule has 0 spiro atoms. The van der Waals surface area contributed by atoms with Crippen LogP contribution < -0.4 is 15.2 Å². The largest absolute Gasteiger partial charge is 0.497 e. The first-order valence-corrected chi connectivity index (χ1v) is 6.82. The van der Waals surface area contributed by atoms with E-state index in [9.17, 15) is 4.39 Å². The van der Waals surface area contributed by atoms with Gasteiger partial charge in [-0.3, -0.25) is 0 Å². The Morgan fingerprint density at radius 2 is 1.95 bits per heavy atom. The molecule has 0 saturated heterocycles. The monoisotopic (exact) mass is 289 g/mol. The van der Waals surface area contributed by atoms with Gasteiger partial charge in [0.25, 0.3) is 0 Å². The van der Waals surface area contributed by atoms with E-state index in [0.29, 0.717) is 11.3 Å².